The molecule has 0 fully saturated rings. The molecule has 0 unspecified atom stereocenters. The molecule has 5 aromatic carbocycles. The van der Waals surface area contributed by atoms with Crippen LogP contribution in [0.1, 0.15) is 0 Å². The molecule has 9 aromatic rings. The first kappa shape index (κ1) is 23.6. The molecule has 0 amide bonds. The number of aromatic nitrogens is 2. The Bertz CT molecular complexity index is 2510. The van der Waals surface area contributed by atoms with Gasteiger partial charge in [0.2, 0.25) is 0 Å². The summed E-state index contributed by atoms with van der Waals surface area (Å²) >= 11 is 0. The van der Waals surface area contributed by atoms with Crippen molar-refractivity contribution in [1.82, 2.24) is 9.55 Å². The van der Waals surface area contributed by atoms with E-state index in [9.17, 15) is 0 Å². The van der Waals surface area contributed by atoms with Gasteiger partial charge in [0.25, 0.3) is 0 Å². The molecule has 0 bridgehead atoms. The van der Waals surface area contributed by atoms with Crippen molar-refractivity contribution in [3.63, 3.8) is 0 Å². The topological polar surface area (TPSA) is 44.1 Å². The Balaban J connectivity index is 1.26. The lowest BCUT2D eigenvalue weighted by atomic mass is 10.1. The van der Waals surface area contributed by atoms with E-state index in [1.807, 2.05) is 18.3 Å². The molecule has 4 heterocycles. The lowest BCUT2D eigenvalue weighted by Gasteiger charge is -2.24. The van der Waals surface area contributed by atoms with Crippen molar-refractivity contribution in [3.05, 3.63) is 122 Å². The van der Waals surface area contributed by atoms with Gasteiger partial charge in [-0.3, -0.25) is 4.98 Å². The Labute approximate surface area is 242 Å². The molecule has 0 saturated carbocycles. The quantitative estimate of drug-likeness (QED) is 0.204. The first-order valence-corrected chi connectivity index (χ1v) is 17.3. The molecular weight excluding hydrogens is 533 g/mol. The van der Waals surface area contributed by atoms with Gasteiger partial charge >= 0.3 is 0 Å². The zero-order chi connectivity index (χ0) is 28.0. The predicted octanol–water partition coefficient (Wildman–Crippen LogP) is 8.80. The number of hydrogen-bond donors (Lipinski definition) is 0. The summed E-state index contributed by atoms with van der Waals surface area (Å²) in [6, 6.07) is 39.1. The van der Waals surface area contributed by atoms with Gasteiger partial charge in [-0.1, -0.05) is 85.0 Å². The molecule has 0 spiro atoms. The van der Waals surface area contributed by atoms with Gasteiger partial charge in [-0.25, -0.2) is 0 Å². The Morgan fingerprint density at radius 2 is 1.33 bits per heavy atom. The van der Waals surface area contributed by atoms with Crippen LogP contribution in [-0.4, -0.2) is 17.6 Å². The highest BCUT2D eigenvalue weighted by Gasteiger charge is 2.30. The molecular formula is C37H26N2O2Si. The van der Waals surface area contributed by atoms with Crippen LogP contribution in [0.4, 0.5) is 0 Å². The highest BCUT2D eigenvalue weighted by Crippen LogP contribution is 2.35. The van der Waals surface area contributed by atoms with Crippen molar-refractivity contribution in [2.24, 2.45) is 0 Å². The van der Waals surface area contributed by atoms with E-state index in [4.69, 9.17) is 8.83 Å². The normalized spacial score (nSPS) is 12.5. The average Bonchev–Trinajstić information content (AvgIpc) is 3.69. The summed E-state index contributed by atoms with van der Waals surface area (Å²) in [5, 5.41) is 9.70. The number of pyridine rings is 1. The van der Waals surface area contributed by atoms with Crippen LogP contribution in [0.15, 0.2) is 130 Å². The minimum Gasteiger partial charge on any atom is -0.456 e. The molecule has 42 heavy (non-hydrogen) atoms. The first-order chi connectivity index (χ1) is 20.6. The summed E-state index contributed by atoms with van der Waals surface area (Å²) < 4.78 is 15.0. The minimum atomic E-state index is -2.14. The summed E-state index contributed by atoms with van der Waals surface area (Å²) in [6.45, 7) is 4.86. The molecule has 0 aliphatic heterocycles. The van der Waals surface area contributed by atoms with Gasteiger partial charge in [-0.05, 0) is 47.7 Å². The Morgan fingerprint density at radius 3 is 2.26 bits per heavy atom. The number of rotatable bonds is 3. The second kappa shape index (κ2) is 8.44. The fourth-order valence-corrected chi connectivity index (χ4v) is 9.37. The maximum atomic E-state index is 6.49. The van der Waals surface area contributed by atoms with Crippen molar-refractivity contribution < 1.29 is 8.83 Å². The third-order valence-corrected chi connectivity index (χ3v) is 12.5. The zero-order valence-corrected chi connectivity index (χ0v) is 24.3. The van der Waals surface area contributed by atoms with Crippen LogP contribution in [0.2, 0.25) is 13.1 Å². The van der Waals surface area contributed by atoms with Crippen LogP contribution < -0.4 is 10.4 Å². The van der Waals surface area contributed by atoms with Gasteiger partial charge in [0.15, 0.2) is 0 Å². The van der Waals surface area contributed by atoms with E-state index in [2.05, 4.69) is 120 Å². The van der Waals surface area contributed by atoms with E-state index in [1.165, 1.54) is 43.0 Å². The molecule has 0 atom stereocenters. The van der Waals surface area contributed by atoms with Gasteiger partial charge in [-0.2, -0.15) is 0 Å². The summed E-state index contributed by atoms with van der Waals surface area (Å²) in [5.74, 6) is 0. The third-order valence-electron chi connectivity index (χ3n) is 8.98. The zero-order valence-electron chi connectivity index (χ0n) is 23.3. The van der Waals surface area contributed by atoms with Crippen LogP contribution in [0.5, 0.6) is 0 Å². The maximum Gasteiger partial charge on any atom is 0.138 e. The van der Waals surface area contributed by atoms with E-state index in [0.717, 1.165) is 38.8 Å². The van der Waals surface area contributed by atoms with Crippen LogP contribution in [0.25, 0.3) is 71.4 Å². The van der Waals surface area contributed by atoms with Gasteiger partial charge in [0.05, 0.1) is 11.0 Å². The summed E-state index contributed by atoms with van der Waals surface area (Å²) in [4.78, 5) is 4.35. The largest absolute Gasteiger partial charge is 0.456 e. The van der Waals surface area contributed by atoms with Gasteiger partial charge in [0, 0.05) is 50.4 Å². The number of benzene rings is 5. The standard InChI is InChI=1S/C37H26N2O2Si/c1-42(2,36-13-7-10-27-26-9-4-6-12-33(26)41-37(27)36)24-15-16-32-28(21-24)25-8-3-5-11-31(25)39(32)23-14-17-34-29(20-23)30-22-38-19-18-35(30)40-34/h3-22H,1-2H3. The fourth-order valence-electron chi connectivity index (χ4n) is 6.78. The SMILES string of the molecule is C[Si](C)(c1ccc2c(c1)c1ccccc1n2-c1ccc2oc3ccncc3c2c1)c1cccc2c1oc1ccccc12. The number of para-hydroxylation sites is 3. The Kier molecular flexibility index (Phi) is 4.74. The lowest BCUT2D eigenvalue weighted by molar-refractivity contribution is 0.668. The first-order valence-electron chi connectivity index (χ1n) is 14.3. The van der Waals surface area contributed by atoms with Crippen molar-refractivity contribution in [3.8, 4) is 5.69 Å². The number of nitrogens with zero attached hydrogens (tertiary/aromatic N) is 2. The number of fused-ring (bicyclic) bond motifs is 9. The summed E-state index contributed by atoms with van der Waals surface area (Å²) in [5.41, 5.74) is 7.18. The molecule has 4 aromatic heterocycles. The Morgan fingerprint density at radius 1 is 0.571 bits per heavy atom. The molecule has 9 rings (SSSR count). The van der Waals surface area contributed by atoms with Crippen molar-refractivity contribution >= 4 is 84.1 Å². The average molecular weight is 559 g/mol. The van der Waals surface area contributed by atoms with Gasteiger partial charge in [0.1, 0.15) is 30.4 Å². The van der Waals surface area contributed by atoms with Crippen LogP contribution in [0.3, 0.4) is 0 Å². The van der Waals surface area contributed by atoms with E-state index in [-0.39, 0.29) is 0 Å². The molecule has 0 aliphatic rings. The van der Waals surface area contributed by atoms with Crippen LogP contribution in [-0.2, 0) is 0 Å². The van der Waals surface area contributed by atoms with Crippen LogP contribution in [0, 0.1) is 0 Å². The molecule has 0 N–H and O–H groups in total. The highest BCUT2D eigenvalue weighted by atomic mass is 28.3. The Hall–Kier alpha value is -5.13. The molecule has 5 heteroatoms. The molecule has 4 nitrogen and oxygen atoms in total. The molecule has 0 saturated heterocycles. The number of furan rings is 2. The molecule has 0 aliphatic carbocycles. The van der Waals surface area contributed by atoms with E-state index < -0.39 is 8.07 Å². The second-order valence-electron chi connectivity index (χ2n) is 11.6. The van der Waals surface area contributed by atoms with E-state index in [1.54, 1.807) is 6.20 Å². The van der Waals surface area contributed by atoms with Crippen molar-refractivity contribution in [2.75, 3.05) is 0 Å². The maximum absolute atomic E-state index is 6.49. The molecule has 200 valence electrons. The smallest absolute Gasteiger partial charge is 0.138 e. The monoisotopic (exact) mass is 558 g/mol. The summed E-state index contributed by atoms with van der Waals surface area (Å²) in [6.07, 6.45) is 3.66. The third kappa shape index (κ3) is 3.20. The molecule has 0 radical (unpaired) electrons. The number of hydrogen-bond acceptors (Lipinski definition) is 3. The summed E-state index contributed by atoms with van der Waals surface area (Å²) in [7, 11) is -2.14. The second-order valence-corrected chi connectivity index (χ2v) is 16.0. The predicted molar refractivity (Wildman–Crippen MR) is 176 cm³/mol. The van der Waals surface area contributed by atoms with Gasteiger partial charge < -0.3 is 13.4 Å². The van der Waals surface area contributed by atoms with E-state index in [0.29, 0.717) is 0 Å². The van der Waals surface area contributed by atoms with E-state index >= 15 is 0 Å². The fraction of sp³-hybridized carbons (Fsp3) is 0.0541. The van der Waals surface area contributed by atoms with Crippen molar-refractivity contribution in [1.29, 1.82) is 0 Å². The van der Waals surface area contributed by atoms with Crippen molar-refractivity contribution in [2.45, 2.75) is 13.1 Å². The highest BCUT2D eigenvalue weighted by molar-refractivity contribution is 7.01. The van der Waals surface area contributed by atoms with Crippen LogP contribution >= 0.6 is 0 Å². The van der Waals surface area contributed by atoms with Gasteiger partial charge in [-0.15, -0.1) is 0 Å². The minimum absolute atomic E-state index is 0.857. The lowest BCUT2D eigenvalue weighted by Crippen LogP contribution is -2.53.